The van der Waals surface area contributed by atoms with Crippen molar-refractivity contribution >= 4 is 0 Å². The van der Waals surface area contributed by atoms with E-state index in [1.165, 1.54) is 25.7 Å². The first-order valence-corrected chi connectivity index (χ1v) is 4.95. The molecule has 1 aliphatic rings. The number of hydrogen-bond acceptors (Lipinski definition) is 2. The van der Waals surface area contributed by atoms with Crippen molar-refractivity contribution in [2.24, 2.45) is 5.41 Å². The highest BCUT2D eigenvalue weighted by molar-refractivity contribution is 4.80. The van der Waals surface area contributed by atoms with Crippen LogP contribution in [-0.2, 0) is 4.74 Å². The average Bonchev–Trinajstić information content (AvgIpc) is 2.01. The number of unbranched alkanes of at least 4 members (excludes halogenated alkanes) is 3. The SMILES string of the molecule is CC1(CCCCCCO)COC1. The van der Waals surface area contributed by atoms with Gasteiger partial charge in [-0.2, -0.15) is 0 Å². The molecule has 12 heavy (non-hydrogen) atoms. The van der Waals surface area contributed by atoms with Crippen LogP contribution in [0.1, 0.15) is 39.0 Å². The Morgan fingerprint density at radius 2 is 1.83 bits per heavy atom. The fourth-order valence-electron chi connectivity index (χ4n) is 1.61. The van der Waals surface area contributed by atoms with Crippen molar-refractivity contribution in [2.45, 2.75) is 39.0 Å². The Morgan fingerprint density at radius 3 is 2.33 bits per heavy atom. The zero-order valence-electron chi connectivity index (χ0n) is 8.01. The van der Waals surface area contributed by atoms with Crippen molar-refractivity contribution in [2.75, 3.05) is 19.8 Å². The van der Waals surface area contributed by atoms with Crippen molar-refractivity contribution in [3.05, 3.63) is 0 Å². The lowest BCUT2D eigenvalue weighted by atomic mass is 9.83. The topological polar surface area (TPSA) is 29.5 Å². The monoisotopic (exact) mass is 172 g/mol. The maximum atomic E-state index is 8.56. The molecule has 1 heterocycles. The zero-order chi connectivity index (χ0) is 8.86. The molecule has 0 atom stereocenters. The first-order chi connectivity index (χ1) is 5.77. The van der Waals surface area contributed by atoms with Crippen LogP contribution < -0.4 is 0 Å². The third-order valence-electron chi connectivity index (χ3n) is 2.59. The standard InChI is InChI=1S/C10H20O2/c1-10(8-12-9-10)6-4-2-3-5-7-11/h11H,2-9H2,1H3. The predicted molar refractivity (Wildman–Crippen MR) is 49.1 cm³/mol. The Hall–Kier alpha value is -0.0800. The normalized spacial score (nSPS) is 20.5. The van der Waals surface area contributed by atoms with Crippen LogP contribution in [0.4, 0.5) is 0 Å². The molecule has 2 heteroatoms. The molecule has 1 aliphatic heterocycles. The van der Waals surface area contributed by atoms with Crippen molar-refractivity contribution in [3.8, 4) is 0 Å². The van der Waals surface area contributed by atoms with E-state index in [-0.39, 0.29) is 0 Å². The molecule has 0 amide bonds. The van der Waals surface area contributed by atoms with Crippen molar-refractivity contribution in [1.29, 1.82) is 0 Å². The molecule has 0 spiro atoms. The number of aliphatic hydroxyl groups excluding tert-OH is 1. The molecule has 0 aliphatic carbocycles. The minimum absolute atomic E-state index is 0.348. The van der Waals surface area contributed by atoms with E-state index in [2.05, 4.69) is 6.92 Å². The van der Waals surface area contributed by atoms with Gasteiger partial charge < -0.3 is 9.84 Å². The van der Waals surface area contributed by atoms with E-state index in [0.717, 1.165) is 19.6 Å². The summed E-state index contributed by atoms with van der Waals surface area (Å²) in [6.07, 6.45) is 5.98. The number of aliphatic hydroxyl groups is 1. The second-order valence-electron chi connectivity index (χ2n) is 4.19. The zero-order valence-corrected chi connectivity index (χ0v) is 8.01. The highest BCUT2D eigenvalue weighted by atomic mass is 16.5. The summed E-state index contributed by atoms with van der Waals surface area (Å²) in [6, 6.07) is 0. The van der Waals surface area contributed by atoms with Gasteiger partial charge in [-0.05, 0) is 12.8 Å². The summed E-state index contributed by atoms with van der Waals surface area (Å²) >= 11 is 0. The van der Waals surface area contributed by atoms with Gasteiger partial charge in [0.15, 0.2) is 0 Å². The van der Waals surface area contributed by atoms with Gasteiger partial charge in [0, 0.05) is 12.0 Å². The van der Waals surface area contributed by atoms with E-state index in [1.54, 1.807) is 0 Å². The number of rotatable bonds is 6. The molecule has 1 N–H and O–H groups in total. The molecule has 0 bridgehead atoms. The highest BCUT2D eigenvalue weighted by Gasteiger charge is 2.32. The molecular formula is C10H20O2. The minimum Gasteiger partial charge on any atom is -0.396 e. The molecule has 0 radical (unpaired) electrons. The van der Waals surface area contributed by atoms with E-state index in [4.69, 9.17) is 9.84 Å². The first kappa shape index (κ1) is 10.0. The van der Waals surface area contributed by atoms with E-state index in [9.17, 15) is 0 Å². The molecule has 0 saturated carbocycles. The second kappa shape index (κ2) is 4.83. The van der Waals surface area contributed by atoms with Crippen LogP contribution in [0.25, 0.3) is 0 Å². The third kappa shape index (κ3) is 3.11. The predicted octanol–water partition coefficient (Wildman–Crippen LogP) is 1.97. The Morgan fingerprint density at radius 1 is 1.17 bits per heavy atom. The summed E-state index contributed by atoms with van der Waals surface area (Å²) in [4.78, 5) is 0. The Bertz CT molecular complexity index is 119. The Balaban J connectivity index is 1.88. The number of ether oxygens (including phenoxy) is 1. The van der Waals surface area contributed by atoms with Crippen LogP contribution in [0.5, 0.6) is 0 Å². The van der Waals surface area contributed by atoms with Gasteiger partial charge in [-0.25, -0.2) is 0 Å². The fourth-order valence-corrected chi connectivity index (χ4v) is 1.61. The van der Waals surface area contributed by atoms with Gasteiger partial charge in [0.05, 0.1) is 13.2 Å². The average molecular weight is 172 g/mol. The van der Waals surface area contributed by atoms with Crippen molar-refractivity contribution in [1.82, 2.24) is 0 Å². The lowest BCUT2D eigenvalue weighted by Gasteiger charge is -2.38. The summed E-state index contributed by atoms with van der Waals surface area (Å²) in [5.41, 5.74) is 0.485. The minimum atomic E-state index is 0.348. The van der Waals surface area contributed by atoms with Gasteiger partial charge in [0.25, 0.3) is 0 Å². The molecule has 72 valence electrons. The molecule has 0 aromatic heterocycles. The summed E-state index contributed by atoms with van der Waals surface area (Å²) in [5.74, 6) is 0. The van der Waals surface area contributed by atoms with Gasteiger partial charge in [-0.3, -0.25) is 0 Å². The molecule has 2 nitrogen and oxygen atoms in total. The van der Waals surface area contributed by atoms with Gasteiger partial charge in [-0.15, -0.1) is 0 Å². The largest absolute Gasteiger partial charge is 0.396 e. The van der Waals surface area contributed by atoms with Gasteiger partial charge in [0.1, 0.15) is 0 Å². The highest BCUT2D eigenvalue weighted by Crippen LogP contribution is 2.32. The fraction of sp³-hybridized carbons (Fsp3) is 1.00. The molecule has 0 aromatic rings. The molecule has 0 unspecified atom stereocenters. The van der Waals surface area contributed by atoms with Crippen molar-refractivity contribution < 1.29 is 9.84 Å². The molecule has 1 saturated heterocycles. The van der Waals surface area contributed by atoms with E-state index >= 15 is 0 Å². The smallest absolute Gasteiger partial charge is 0.0542 e. The lowest BCUT2D eigenvalue weighted by Crippen LogP contribution is -2.39. The van der Waals surface area contributed by atoms with Crippen LogP contribution in [0.2, 0.25) is 0 Å². The summed E-state index contributed by atoms with van der Waals surface area (Å²) in [5, 5.41) is 8.56. The quantitative estimate of drug-likeness (QED) is 0.621. The summed E-state index contributed by atoms with van der Waals surface area (Å²) < 4.78 is 5.18. The van der Waals surface area contributed by atoms with Crippen molar-refractivity contribution in [3.63, 3.8) is 0 Å². The van der Waals surface area contributed by atoms with E-state index < -0.39 is 0 Å². The maximum absolute atomic E-state index is 8.56. The van der Waals surface area contributed by atoms with Crippen LogP contribution in [0, 0.1) is 5.41 Å². The molecule has 1 fully saturated rings. The summed E-state index contributed by atoms with van der Waals surface area (Å²) in [6.45, 7) is 4.54. The van der Waals surface area contributed by atoms with E-state index in [1.807, 2.05) is 0 Å². The van der Waals surface area contributed by atoms with Crippen LogP contribution >= 0.6 is 0 Å². The molecular weight excluding hydrogens is 152 g/mol. The second-order valence-corrected chi connectivity index (χ2v) is 4.19. The van der Waals surface area contributed by atoms with Crippen LogP contribution in [0.3, 0.4) is 0 Å². The Labute approximate surface area is 74.9 Å². The van der Waals surface area contributed by atoms with Crippen LogP contribution in [0.15, 0.2) is 0 Å². The summed E-state index contributed by atoms with van der Waals surface area (Å²) in [7, 11) is 0. The first-order valence-electron chi connectivity index (χ1n) is 4.95. The molecule has 0 aromatic carbocycles. The van der Waals surface area contributed by atoms with Gasteiger partial charge >= 0.3 is 0 Å². The lowest BCUT2D eigenvalue weighted by molar-refractivity contribution is -0.106. The van der Waals surface area contributed by atoms with Gasteiger partial charge in [-0.1, -0.05) is 26.2 Å². The number of hydrogen-bond donors (Lipinski definition) is 1. The molecule has 1 rings (SSSR count). The Kier molecular flexibility index (Phi) is 4.02. The van der Waals surface area contributed by atoms with E-state index in [0.29, 0.717) is 12.0 Å². The van der Waals surface area contributed by atoms with Crippen LogP contribution in [-0.4, -0.2) is 24.9 Å². The third-order valence-corrected chi connectivity index (χ3v) is 2.59. The maximum Gasteiger partial charge on any atom is 0.0542 e. The van der Waals surface area contributed by atoms with Gasteiger partial charge in [0.2, 0.25) is 0 Å².